The molecule has 0 radical (unpaired) electrons. The normalized spacial score (nSPS) is 10.5. The molecular formula is C13H13NO2S. The Morgan fingerprint density at radius 3 is 2.47 bits per heavy atom. The van der Waals surface area contributed by atoms with Crippen molar-refractivity contribution in [1.29, 1.82) is 0 Å². The van der Waals surface area contributed by atoms with Crippen LogP contribution in [0.15, 0.2) is 29.8 Å². The summed E-state index contributed by atoms with van der Waals surface area (Å²) in [4.78, 5) is 13.2. The molecule has 0 fully saturated rings. The van der Waals surface area contributed by atoms with Gasteiger partial charge < -0.3 is 5.11 Å². The zero-order chi connectivity index (χ0) is 12.4. The van der Waals surface area contributed by atoms with Gasteiger partial charge in [-0.2, -0.15) is 4.57 Å². The Bertz CT molecular complexity index is 543. The first-order valence-electron chi connectivity index (χ1n) is 5.32. The molecule has 17 heavy (non-hydrogen) atoms. The van der Waals surface area contributed by atoms with Crippen LogP contribution in [0.5, 0.6) is 5.75 Å². The highest BCUT2D eigenvalue weighted by Gasteiger charge is 2.17. The molecule has 2 rings (SSSR count). The molecule has 0 aliphatic rings. The molecule has 0 aliphatic carbocycles. The van der Waals surface area contributed by atoms with Crippen LogP contribution >= 0.6 is 11.3 Å². The van der Waals surface area contributed by atoms with Crippen molar-refractivity contribution in [1.82, 2.24) is 0 Å². The van der Waals surface area contributed by atoms with Crippen LogP contribution in [-0.4, -0.2) is 5.78 Å². The second-order valence-corrected chi connectivity index (χ2v) is 5.00. The van der Waals surface area contributed by atoms with E-state index in [0.29, 0.717) is 12.1 Å². The van der Waals surface area contributed by atoms with Crippen LogP contribution in [0.25, 0.3) is 0 Å². The Balaban J connectivity index is 2.17. The van der Waals surface area contributed by atoms with Gasteiger partial charge in [-0.25, -0.2) is 0 Å². The predicted octanol–water partition coefficient (Wildman–Crippen LogP) is 1.61. The van der Waals surface area contributed by atoms with Gasteiger partial charge in [-0.15, -0.1) is 5.75 Å². The smallest absolute Gasteiger partial charge is 0.227 e. The zero-order valence-corrected chi connectivity index (χ0v) is 10.6. The Morgan fingerprint density at radius 1 is 1.29 bits per heavy atom. The van der Waals surface area contributed by atoms with E-state index in [1.807, 2.05) is 23.9 Å². The minimum atomic E-state index is -0.0724. The first kappa shape index (κ1) is 11.8. The Labute approximate surface area is 104 Å². The largest absolute Gasteiger partial charge is 0.872 e. The van der Waals surface area contributed by atoms with E-state index in [-0.39, 0.29) is 11.5 Å². The van der Waals surface area contributed by atoms with Crippen molar-refractivity contribution in [3.63, 3.8) is 0 Å². The summed E-state index contributed by atoms with van der Waals surface area (Å²) < 4.78 is 1.94. The minimum absolute atomic E-state index is 0.0240. The third-order valence-electron chi connectivity index (χ3n) is 2.79. The maximum atomic E-state index is 12.0. The summed E-state index contributed by atoms with van der Waals surface area (Å²) in [6, 6.07) is 6.01. The van der Waals surface area contributed by atoms with E-state index in [9.17, 15) is 9.90 Å². The summed E-state index contributed by atoms with van der Waals surface area (Å²) in [6.45, 7) is 4.36. The van der Waals surface area contributed by atoms with Crippen LogP contribution < -0.4 is 9.67 Å². The number of Topliss-reactive ketones (excluding diaryl/α,β-unsaturated/α-hetero) is 1. The quantitative estimate of drug-likeness (QED) is 0.611. The van der Waals surface area contributed by atoms with Gasteiger partial charge in [-0.05, 0) is 6.92 Å². The zero-order valence-electron chi connectivity index (χ0n) is 9.77. The summed E-state index contributed by atoms with van der Waals surface area (Å²) in [5.41, 5.74) is 3.65. The summed E-state index contributed by atoms with van der Waals surface area (Å²) in [6.07, 6.45) is 0. The van der Waals surface area contributed by atoms with Crippen LogP contribution in [0.1, 0.15) is 20.9 Å². The van der Waals surface area contributed by atoms with Gasteiger partial charge in [0.25, 0.3) is 0 Å². The topological polar surface area (TPSA) is 44.0 Å². The molecule has 1 aromatic carbocycles. The molecular weight excluding hydrogens is 234 g/mol. The number of hydrogen-bond acceptors (Lipinski definition) is 3. The van der Waals surface area contributed by atoms with E-state index in [2.05, 4.69) is 0 Å². The molecule has 3 nitrogen and oxygen atoms in total. The number of rotatable bonds is 3. The second kappa shape index (κ2) is 4.67. The molecule has 88 valence electrons. The molecule has 1 heterocycles. The molecule has 0 atom stereocenters. The molecule has 1 aromatic heterocycles. The third-order valence-corrected chi connectivity index (χ3v) is 3.80. The highest BCUT2D eigenvalue weighted by atomic mass is 32.1. The molecule has 0 bridgehead atoms. The van der Waals surface area contributed by atoms with E-state index in [1.54, 1.807) is 23.5 Å². The van der Waals surface area contributed by atoms with Crippen LogP contribution in [0, 0.1) is 13.8 Å². The Morgan fingerprint density at radius 2 is 1.94 bits per heavy atom. The molecule has 0 amide bonds. The lowest BCUT2D eigenvalue weighted by molar-refractivity contribution is -0.684. The van der Waals surface area contributed by atoms with Gasteiger partial charge in [0.1, 0.15) is 0 Å². The molecule has 0 unspecified atom stereocenters. The number of hydrogen-bond donors (Lipinski definition) is 0. The van der Waals surface area contributed by atoms with Crippen molar-refractivity contribution >= 4 is 17.1 Å². The lowest BCUT2D eigenvalue weighted by Crippen LogP contribution is -2.38. The minimum Gasteiger partial charge on any atom is -0.872 e. The standard InChI is InChI=1S/C13H13NO2S/c1-9-10(2)17-8-14(9)7-13(16)11-3-5-12(15)6-4-11/h3-6,8H,7H2,1-2H3. The van der Waals surface area contributed by atoms with Crippen molar-refractivity contribution in [2.24, 2.45) is 0 Å². The van der Waals surface area contributed by atoms with E-state index in [0.717, 1.165) is 5.69 Å². The highest BCUT2D eigenvalue weighted by molar-refractivity contribution is 7.09. The average Bonchev–Trinajstić information content (AvgIpc) is 2.62. The fraction of sp³-hybridized carbons (Fsp3) is 0.231. The SMILES string of the molecule is Cc1sc[n+](CC(=O)c2ccc([O-])cc2)c1C. The van der Waals surface area contributed by atoms with Gasteiger partial charge in [-0.3, -0.25) is 4.79 Å². The Kier molecular flexibility index (Phi) is 3.24. The number of thiazole rings is 1. The lowest BCUT2D eigenvalue weighted by atomic mass is 10.1. The van der Waals surface area contributed by atoms with Gasteiger partial charge in [0.15, 0.2) is 5.69 Å². The van der Waals surface area contributed by atoms with Gasteiger partial charge >= 0.3 is 0 Å². The van der Waals surface area contributed by atoms with Gasteiger partial charge in [0, 0.05) is 12.5 Å². The number of benzene rings is 1. The first-order valence-corrected chi connectivity index (χ1v) is 6.20. The molecule has 0 saturated heterocycles. The van der Waals surface area contributed by atoms with Crippen molar-refractivity contribution in [3.8, 4) is 5.75 Å². The predicted molar refractivity (Wildman–Crippen MR) is 64.2 cm³/mol. The monoisotopic (exact) mass is 247 g/mol. The average molecular weight is 247 g/mol. The third kappa shape index (κ3) is 2.53. The van der Waals surface area contributed by atoms with Crippen molar-refractivity contribution < 1.29 is 14.5 Å². The summed E-state index contributed by atoms with van der Waals surface area (Å²) in [5.74, 6) is -0.0485. The number of aromatic nitrogens is 1. The summed E-state index contributed by atoms with van der Waals surface area (Å²) in [7, 11) is 0. The van der Waals surface area contributed by atoms with E-state index in [4.69, 9.17) is 0 Å². The summed E-state index contributed by atoms with van der Waals surface area (Å²) >= 11 is 1.63. The molecule has 2 aromatic rings. The number of nitrogens with zero attached hydrogens (tertiary/aromatic N) is 1. The maximum Gasteiger partial charge on any atom is 0.227 e. The maximum absolute atomic E-state index is 12.0. The Hall–Kier alpha value is -1.68. The van der Waals surface area contributed by atoms with Crippen molar-refractivity contribution in [3.05, 3.63) is 45.9 Å². The van der Waals surface area contributed by atoms with E-state index < -0.39 is 0 Å². The molecule has 0 spiro atoms. The van der Waals surface area contributed by atoms with Crippen LogP contribution in [0.3, 0.4) is 0 Å². The number of aryl methyl sites for hydroxylation is 1. The fourth-order valence-corrected chi connectivity index (χ4v) is 2.36. The molecule has 0 aliphatic heterocycles. The van der Waals surface area contributed by atoms with Crippen molar-refractivity contribution in [2.75, 3.05) is 0 Å². The van der Waals surface area contributed by atoms with E-state index >= 15 is 0 Å². The fourth-order valence-electron chi connectivity index (χ4n) is 1.55. The van der Waals surface area contributed by atoms with Crippen LogP contribution in [0.2, 0.25) is 0 Å². The van der Waals surface area contributed by atoms with Gasteiger partial charge in [-0.1, -0.05) is 35.6 Å². The number of ketones is 1. The number of carbonyl (C=O) groups is 1. The van der Waals surface area contributed by atoms with Gasteiger partial charge in [0.2, 0.25) is 17.8 Å². The van der Waals surface area contributed by atoms with E-state index in [1.165, 1.54) is 17.0 Å². The molecule has 0 saturated carbocycles. The van der Waals surface area contributed by atoms with Crippen LogP contribution in [0.4, 0.5) is 0 Å². The number of carbonyl (C=O) groups excluding carboxylic acids is 1. The highest BCUT2D eigenvalue weighted by Crippen LogP contribution is 2.10. The van der Waals surface area contributed by atoms with Gasteiger partial charge in [0.05, 0.1) is 4.88 Å². The van der Waals surface area contributed by atoms with Crippen molar-refractivity contribution in [2.45, 2.75) is 20.4 Å². The lowest BCUT2D eigenvalue weighted by Gasteiger charge is -2.04. The summed E-state index contributed by atoms with van der Waals surface area (Å²) in [5, 5.41) is 10.9. The second-order valence-electron chi connectivity index (χ2n) is 3.94. The van der Waals surface area contributed by atoms with Crippen LogP contribution in [-0.2, 0) is 6.54 Å². The molecule has 0 N–H and O–H groups in total. The first-order chi connectivity index (χ1) is 8.08. The molecule has 4 heteroatoms.